The molecule has 4 aromatic rings. The van der Waals surface area contributed by atoms with E-state index in [2.05, 4.69) is 144 Å². The fourth-order valence-corrected chi connectivity index (χ4v) is 7.32. The summed E-state index contributed by atoms with van der Waals surface area (Å²) in [6, 6.07) is 32.8. The van der Waals surface area contributed by atoms with Crippen LogP contribution in [0.5, 0.6) is 5.75 Å². The average Bonchev–Trinajstić information content (AvgIpc) is 2.95. The lowest BCUT2D eigenvalue weighted by Crippen LogP contribution is -2.25. The zero-order chi connectivity index (χ0) is 29.6. The van der Waals surface area contributed by atoms with Crippen LogP contribution in [0.2, 0.25) is 0 Å². The van der Waals surface area contributed by atoms with Gasteiger partial charge in [-0.05, 0) is 71.9 Å². The number of para-hydroxylation sites is 2. The Labute approximate surface area is 250 Å². The second-order valence-corrected chi connectivity index (χ2v) is 14.7. The molecule has 0 amide bonds. The lowest BCUT2D eigenvalue weighted by atomic mass is 9.82. The van der Waals surface area contributed by atoms with Gasteiger partial charge in [0.15, 0.2) is 0 Å². The molecule has 4 rings (SSSR count). The maximum Gasteiger partial charge on any atom is 0.122 e. The fourth-order valence-electron chi connectivity index (χ4n) is 5.62. The van der Waals surface area contributed by atoms with E-state index >= 15 is 0 Å². The molecule has 0 heterocycles. The molecule has 41 heavy (non-hydrogen) atoms. The lowest BCUT2D eigenvalue weighted by molar-refractivity contribution is 0.444. The first-order valence-electron chi connectivity index (χ1n) is 15.1. The van der Waals surface area contributed by atoms with Gasteiger partial charge in [-0.1, -0.05) is 135 Å². The highest BCUT2D eigenvalue weighted by atomic mass is 31.1. The molecule has 2 nitrogen and oxygen atoms in total. The van der Waals surface area contributed by atoms with Gasteiger partial charge < -0.3 is 10.0 Å². The van der Waals surface area contributed by atoms with Crippen LogP contribution in [0.3, 0.4) is 0 Å². The number of nitrogens with zero attached hydrogens (tertiary/aromatic N) is 1. The molecule has 0 aliphatic carbocycles. The molecule has 0 fully saturated rings. The van der Waals surface area contributed by atoms with Gasteiger partial charge in [-0.15, -0.1) is 0 Å². The van der Waals surface area contributed by atoms with E-state index in [1.807, 2.05) is 0 Å². The quantitative estimate of drug-likeness (QED) is 0.144. The van der Waals surface area contributed by atoms with Crippen molar-refractivity contribution in [1.82, 2.24) is 0 Å². The van der Waals surface area contributed by atoms with Crippen LogP contribution in [-0.4, -0.2) is 5.11 Å². The van der Waals surface area contributed by atoms with Gasteiger partial charge in [-0.25, -0.2) is 0 Å². The molecule has 2 atom stereocenters. The summed E-state index contributed by atoms with van der Waals surface area (Å²) in [5.41, 5.74) is 8.38. The number of anilines is 2. The summed E-state index contributed by atoms with van der Waals surface area (Å²) >= 11 is 0. The van der Waals surface area contributed by atoms with Gasteiger partial charge in [0.25, 0.3) is 0 Å². The van der Waals surface area contributed by atoms with Crippen molar-refractivity contribution in [2.24, 2.45) is 0 Å². The molecular formula is C38H48NOP. The van der Waals surface area contributed by atoms with Gasteiger partial charge in [0.2, 0.25) is 0 Å². The summed E-state index contributed by atoms with van der Waals surface area (Å²) in [5.74, 6) is 0.466. The zero-order valence-electron chi connectivity index (χ0n) is 26.1. The van der Waals surface area contributed by atoms with E-state index in [1.54, 1.807) is 0 Å². The van der Waals surface area contributed by atoms with Gasteiger partial charge >= 0.3 is 0 Å². The minimum Gasteiger partial charge on any atom is -0.507 e. The van der Waals surface area contributed by atoms with E-state index in [1.165, 1.54) is 46.2 Å². The smallest absolute Gasteiger partial charge is 0.122 e. The molecule has 0 saturated heterocycles. The SMILES string of the molecule is CCCCCC(C)(Pc1ccc(C)cc1CN(c1ccccc1)c1ccccc1)c1cc(C(C)(C)C)cc(C)c1O. The van der Waals surface area contributed by atoms with Crippen molar-refractivity contribution in [1.29, 1.82) is 0 Å². The second kappa shape index (κ2) is 13.3. The van der Waals surface area contributed by atoms with Crippen LogP contribution in [-0.2, 0) is 17.1 Å². The van der Waals surface area contributed by atoms with Crippen molar-refractivity contribution in [3.8, 4) is 5.75 Å². The van der Waals surface area contributed by atoms with Crippen LogP contribution < -0.4 is 10.2 Å². The molecule has 0 aliphatic rings. The molecule has 0 bridgehead atoms. The number of aryl methyl sites for hydroxylation is 2. The largest absolute Gasteiger partial charge is 0.507 e. The Hall–Kier alpha value is -3.09. The third-order valence-electron chi connectivity index (χ3n) is 8.18. The normalized spacial score (nSPS) is 13.4. The van der Waals surface area contributed by atoms with E-state index in [0.717, 1.165) is 30.5 Å². The second-order valence-electron chi connectivity index (χ2n) is 12.8. The fraction of sp³-hybridized carbons (Fsp3) is 0.368. The van der Waals surface area contributed by atoms with Gasteiger partial charge in [0.05, 0.1) is 0 Å². The van der Waals surface area contributed by atoms with Crippen LogP contribution in [0.1, 0.15) is 88.1 Å². The van der Waals surface area contributed by atoms with Crippen molar-refractivity contribution in [2.45, 2.75) is 91.3 Å². The Bertz CT molecular complexity index is 1380. The number of benzene rings is 4. The number of rotatable bonds is 11. The van der Waals surface area contributed by atoms with E-state index in [4.69, 9.17) is 0 Å². The molecule has 0 radical (unpaired) electrons. The predicted molar refractivity (Wildman–Crippen MR) is 181 cm³/mol. The van der Waals surface area contributed by atoms with Crippen molar-refractivity contribution in [3.05, 3.63) is 119 Å². The zero-order valence-corrected chi connectivity index (χ0v) is 27.1. The molecule has 0 aliphatic heterocycles. The standard InChI is InChI=1S/C38H48NOP/c1-8-9-16-23-38(7,34-26-31(37(4,5)6)25-29(3)36(34)40)41-35-22-21-28(2)24-30(35)27-39(32-17-12-10-13-18-32)33-19-14-11-15-20-33/h10-15,17-22,24-26,40-41H,8-9,16,23,27H2,1-7H3. The first kappa shape index (κ1) is 30.9. The van der Waals surface area contributed by atoms with Crippen LogP contribution in [0.4, 0.5) is 11.4 Å². The van der Waals surface area contributed by atoms with Gasteiger partial charge in [0, 0.05) is 28.6 Å². The average molecular weight is 566 g/mol. The third-order valence-corrected chi connectivity index (χ3v) is 10.0. The maximum absolute atomic E-state index is 11.5. The molecule has 0 aromatic heterocycles. The summed E-state index contributed by atoms with van der Waals surface area (Å²) < 4.78 is 0. The summed E-state index contributed by atoms with van der Waals surface area (Å²) in [4.78, 5) is 2.42. The van der Waals surface area contributed by atoms with Crippen LogP contribution in [0.15, 0.2) is 91.0 Å². The summed E-state index contributed by atoms with van der Waals surface area (Å²) in [7, 11) is 0.533. The van der Waals surface area contributed by atoms with Gasteiger partial charge in [-0.2, -0.15) is 0 Å². The third kappa shape index (κ3) is 7.60. The van der Waals surface area contributed by atoms with E-state index < -0.39 is 0 Å². The highest BCUT2D eigenvalue weighted by Crippen LogP contribution is 2.50. The maximum atomic E-state index is 11.5. The van der Waals surface area contributed by atoms with E-state index in [0.29, 0.717) is 14.3 Å². The van der Waals surface area contributed by atoms with Crippen LogP contribution in [0.25, 0.3) is 0 Å². The first-order chi connectivity index (χ1) is 19.5. The molecule has 0 saturated carbocycles. The molecule has 3 heteroatoms. The molecule has 216 valence electrons. The first-order valence-corrected chi connectivity index (χ1v) is 16.1. The summed E-state index contributed by atoms with van der Waals surface area (Å²) in [5, 5.41) is 12.7. The van der Waals surface area contributed by atoms with Gasteiger partial charge in [-0.3, -0.25) is 0 Å². The number of hydrogen-bond donors (Lipinski definition) is 1. The van der Waals surface area contributed by atoms with E-state index in [-0.39, 0.29) is 10.6 Å². The van der Waals surface area contributed by atoms with E-state index in [9.17, 15) is 5.11 Å². The lowest BCUT2D eigenvalue weighted by Gasteiger charge is -2.35. The molecule has 1 N–H and O–H groups in total. The van der Waals surface area contributed by atoms with Gasteiger partial charge in [0.1, 0.15) is 5.75 Å². The monoisotopic (exact) mass is 565 g/mol. The highest BCUT2D eigenvalue weighted by Gasteiger charge is 2.33. The predicted octanol–water partition coefficient (Wildman–Crippen LogP) is 10.4. The summed E-state index contributed by atoms with van der Waals surface area (Å²) in [6.07, 6.45) is 4.59. The Morgan fingerprint density at radius 1 is 0.756 bits per heavy atom. The Morgan fingerprint density at radius 2 is 1.37 bits per heavy atom. The topological polar surface area (TPSA) is 23.5 Å². The van der Waals surface area contributed by atoms with Crippen LogP contribution in [0, 0.1) is 13.8 Å². The Balaban J connectivity index is 1.80. The van der Waals surface area contributed by atoms with Crippen molar-refractivity contribution in [2.75, 3.05) is 4.90 Å². The highest BCUT2D eigenvalue weighted by molar-refractivity contribution is 7.48. The number of phenols is 1. The summed E-state index contributed by atoms with van der Waals surface area (Å²) in [6.45, 7) is 16.5. The molecule has 2 unspecified atom stereocenters. The minimum absolute atomic E-state index is 0.0154. The molecule has 0 spiro atoms. The van der Waals surface area contributed by atoms with Crippen molar-refractivity contribution in [3.63, 3.8) is 0 Å². The number of aromatic hydroxyl groups is 1. The van der Waals surface area contributed by atoms with Crippen molar-refractivity contribution < 1.29 is 5.11 Å². The van der Waals surface area contributed by atoms with Crippen molar-refractivity contribution >= 4 is 25.3 Å². The minimum atomic E-state index is -0.167. The Kier molecular flexibility index (Phi) is 9.98. The van der Waals surface area contributed by atoms with Crippen LogP contribution >= 0.6 is 8.58 Å². The Morgan fingerprint density at radius 3 is 1.93 bits per heavy atom. The molecule has 4 aromatic carbocycles. The number of hydrogen-bond acceptors (Lipinski definition) is 2. The number of phenolic OH excluding ortho intramolecular Hbond substituents is 1. The number of unbranched alkanes of at least 4 members (excludes halogenated alkanes) is 2. The molecular weight excluding hydrogens is 517 g/mol.